The Hall–Kier alpha value is -2.74. The van der Waals surface area contributed by atoms with Crippen LogP contribution in [0.3, 0.4) is 0 Å². The third-order valence-corrected chi connectivity index (χ3v) is 6.63. The molecule has 7 heteroatoms. The number of rotatable bonds is 4. The summed E-state index contributed by atoms with van der Waals surface area (Å²) in [6.45, 7) is 0. The topological polar surface area (TPSA) is 53.6 Å². The van der Waals surface area contributed by atoms with Gasteiger partial charge in [-0.25, -0.2) is 15.2 Å². The molecule has 158 valence electrons. The zero-order valence-electron chi connectivity index (χ0n) is 16.8. The average molecular weight is 482 g/mol. The zero-order valence-corrected chi connectivity index (χ0v) is 18.3. The van der Waals surface area contributed by atoms with Crippen LogP contribution in [0, 0.1) is 11.7 Å². The van der Waals surface area contributed by atoms with E-state index in [0.29, 0.717) is 0 Å². The summed E-state index contributed by atoms with van der Waals surface area (Å²) >= 11 is 3.46. The number of anilines is 1. The van der Waals surface area contributed by atoms with Crippen LogP contribution in [0.2, 0.25) is 0 Å². The summed E-state index contributed by atoms with van der Waals surface area (Å²) in [6.07, 6.45) is 0. The Kier molecular flexibility index (Phi) is 5.25. The second-order valence-corrected chi connectivity index (χ2v) is 8.69. The van der Waals surface area contributed by atoms with E-state index in [9.17, 15) is 9.18 Å². The van der Waals surface area contributed by atoms with Gasteiger partial charge in [0.05, 0.1) is 19.2 Å². The van der Waals surface area contributed by atoms with Crippen LogP contribution in [0.25, 0.3) is 0 Å². The molecule has 5 rings (SSSR count). The third-order valence-electron chi connectivity index (χ3n) is 6.10. The minimum absolute atomic E-state index is 0.00911. The van der Waals surface area contributed by atoms with Gasteiger partial charge in [-0.15, -0.1) is 0 Å². The van der Waals surface area contributed by atoms with Crippen molar-refractivity contribution in [3.8, 4) is 5.75 Å². The Balaban J connectivity index is 1.60. The van der Waals surface area contributed by atoms with Crippen LogP contribution < -0.4 is 20.5 Å². The molecule has 0 bridgehead atoms. The highest BCUT2D eigenvalue weighted by atomic mass is 79.9. The Morgan fingerprint density at radius 3 is 2.13 bits per heavy atom. The second-order valence-electron chi connectivity index (χ2n) is 7.78. The van der Waals surface area contributed by atoms with Gasteiger partial charge in [0.15, 0.2) is 0 Å². The molecule has 2 fully saturated rings. The van der Waals surface area contributed by atoms with Gasteiger partial charge in [0.1, 0.15) is 17.6 Å². The van der Waals surface area contributed by atoms with Crippen molar-refractivity contribution < 1.29 is 13.9 Å². The maximum atomic E-state index is 13.7. The summed E-state index contributed by atoms with van der Waals surface area (Å²) in [6, 6.07) is 21.2. The van der Waals surface area contributed by atoms with Gasteiger partial charge < -0.3 is 9.64 Å². The van der Waals surface area contributed by atoms with E-state index in [1.165, 1.54) is 12.1 Å². The predicted molar refractivity (Wildman–Crippen MR) is 120 cm³/mol. The molecule has 2 aliphatic heterocycles. The summed E-state index contributed by atoms with van der Waals surface area (Å²) in [4.78, 5) is 15.4. The Morgan fingerprint density at radius 2 is 1.48 bits per heavy atom. The zero-order chi connectivity index (χ0) is 21.5. The van der Waals surface area contributed by atoms with Crippen molar-refractivity contribution in [2.45, 2.75) is 18.1 Å². The van der Waals surface area contributed by atoms with Crippen molar-refractivity contribution in [3.63, 3.8) is 0 Å². The van der Waals surface area contributed by atoms with Crippen LogP contribution in [0.4, 0.5) is 10.1 Å². The van der Waals surface area contributed by atoms with Crippen LogP contribution in [0.5, 0.6) is 5.75 Å². The fourth-order valence-corrected chi connectivity index (χ4v) is 4.92. The fraction of sp³-hybridized carbons (Fsp3) is 0.208. The number of amides is 1. The number of nitrogens with zero attached hydrogens (tertiary/aromatic N) is 1. The largest absolute Gasteiger partial charge is 0.497 e. The van der Waals surface area contributed by atoms with E-state index < -0.39 is 6.04 Å². The molecule has 2 heterocycles. The van der Waals surface area contributed by atoms with Gasteiger partial charge in [0, 0.05) is 16.1 Å². The molecule has 0 radical (unpaired) electrons. The van der Waals surface area contributed by atoms with E-state index >= 15 is 0 Å². The lowest BCUT2D eigenvalue weighted by Gasteiger charge is -2.31. The summed E-state index contributed by atoms with van der Waals surface area (Å²) in [5.74, 6) is 0.384. The van der Waals surface area contributed by atoms with Gasteiger partial charge in [-0.1, -0.05) is 40.2 Å². The van der Waals surface area contributed by atoms with Gasteiger partial charge in [-0.2, -0.15) is 0 Å². The first-order valence-corrected chi connectivity index (χ1v) is 10.9. The predicted octanol–water partition coefficient (Wildman–Crippen LogP) is 4.52. The van der Waals surface area contributed by atoms with Gasteiger partial charge in [0.25, 0.3) is 0 Å². The van der Waals surface area contributed by atoms with E-state index in [-0.39, 0.29) is 29.7 Å². The van der Waals surface area contributed by atoms with Crippen LogP contribution >= 0.6 is 15.9 Å². The molecule has 0 spiro atoms. The number of ether oxygens (including phenoxy) is 1. The summed E-state index contributed by atoms with van der Waals surface area (Å²) < 4.78 is 19.9. The summed E-state index contributed by atoms with van der Waals surface area (Å²) in [5, 5.41) is 0. The summed E-state index contributed by atoms with van der Waals surface area (Å²) in [5.41, 5.74) is 9.29. The number of halogens is 2. The van der Waals surface area contributed by atoms with Crippen molar-refractivity contribution in [2.24, 2.45) is 5.92 Å². The van der Waals surface area contributed by atoms with Crippen molar-refractivity contribution in [1.29, 1.82) is 0 Å². The molecular formula is C24H21BrFN3O2. The normalized spacial score (nSPS) is 25.0. The molecular weight excluding hydrogens is 461 g/mol. The monoisotopic (exact) mass is 481 g/mol. The van der Waals surface area contributed by atoms with Crippen LogP contribution in [-0.4, -0.2) is 19.1 Å². The quantitative estimate of drug-likeness (QED) is 0.575. The van der Waals surface area contributed by atoms with Gasteiger partial charge in [-0.3, -0.25) is 4.79 Å². The number of hydrazine groups is 1. The molecule has 0 saturated carbocycles. The number of carbonyl (C=O) groups excluding carboxylic acids is 1. The number of nitrogens with one attached hydrogen (secondary N) is 2. The first kappa shape index (κ1) is 20.2. The molecule has 0 aromatic heterocycles. The van der Waals surface area contributed by atoms with Crippen LogP contribution in [-0.2, 0) is 4.79 Å². The first-order chi connectivity index (χ1) is 15.1. The maximum Gasteiger partial charge on any atom is 0.246 e. The van der Waals surface area contributed by atoms with E-state index in [2.05, 4.69) is 26.8 Å². The molecule has 5 nitrogen and oxygen atoms in total. The van der Waals surface area contributed by atoms with Crippen molar-refractivity contribution in [2.75, 3.05) is 12.0 Å². The molecule has 1 amide bonds. The number of fused-ring (bicyclic) bond motifs is 1. The van der Waals surface area contributed by atoms with Crippen LogP contribution in [0.1, 0.15) is 23.2 Å². The van der Waals surface area contributed by atoms with Gasteiger partial charge in [-0.05, 0) is 59.7 Å². The lowest BCUT2D eigenvalue weighted by atomic mass is 9.83. The Labute approximate surface area is 188 Å². The van der Waals surface area contributed by atoms with Crippen molar-refractivity contribution >= 4 is 27.5 Å². The maximum absolute atomic E-state index is 13.7. The number of hydrogen-bond donors (Lipinski definition) is 2. The van der Waals surface area contributed by atoms with Crippen LogP contribution in [0.15, 0.2) is 77.3 Å². The number of hydrogen-bond acceptors (Lipinski definition) is 4. The molecule has 0 aliphatic carbocycles. The Bertz CT molecular complexity index is 1090. The number of methoxy groups -OCH3 is 1. The Morgan fingerprint density at radius 1 is 0.871 bits per heavy atom. The lowest BCUT2D eigenvalue weighted by molar-refractivity contribution is -0.119. The molecule has 31 heavy (non-hydrogen) atoms. The molecule has 3 aromatic carbocycles. The van der Waals surface area contributed by atoms with E-state index in [0.717, 1.165) is 27.0 Å². The number of benzene rings is 3. The molecule has 4 unspecified atom stereocenters. The highest BCUT2D eigenvalue weighted by molar-refractivity contribution is 9.10. The third kappa shape index (κ3) is 3.52. The average Bonchev–Trinajstić information content (AvgIpc) is 3.34. The highest BCUT2D eigenvalue weighted by Gasteiger charge is 2.55. The fourth-order valence-electron chi connectivity index (χ4n) is 4.65. The van der Waals surface area contributed by atoms with E-state index in [1.54, 1.807) is 19.2 Å². The smallest absolute Gasteiger partial charge is 0.246 e. The minimum atomic E-state index is -0.397. The number of carbonyl (C=O) groups is 1. The minimum Gasteiger partial charge on any atom is -0.497 e. The van der Waals surface area contributed by atoms with Gasteiger partial charge in [0.2, 0.25) is 5.91 Å². The standard InChI is InChI=1S/C24H21BrFN3O2/c1-31-19-12-4-14(5-13-19)21-20-22(28-27-21)24(30)29(18-10-6-16(25)7-11-18)23(20)15-2-8-17(26)9-3-15/h2-13,20-23,27-28H,1H3. The first-order valence-electron chi connectivity index (χ1n) is 10.1. The molecule has 3 aromatic rings. The molecule has 2 N–H and O–H groups in total. The lowest BCUT2D eigenvalue weighted by Crippen LogP contribution is -2.41. The van der Waals surface area contributed by atoms with E-state index in [1.807, 2.05) is 53.4 Å². The summed E-state index contributed by atoms with van der Waals surface area (Å²) in [7, 11) is 1.64. The SMILES string of the molecule is COc1ccc(C2NNC3C(=O)N(c4ccc(Br)cc4)C(c4ccc(F)cc4)C32)cc1. The highest BCUT2D eigenvalue weighted by Crippen LogP contribution is 2.49. The second kappa shape index (κ2) is 8.07. The molecule has 2 aliphatic rings. The van der Waals surface area contributed by atoms with E-state index in [4.69, 9.17) is 4.74 Å². The van der Waals surface area contributed by atoms with Crippen molar-refractivity contribution in [3.05, 3.63) is 94.2 Å². The van der Waals surface area contributed by atoms with Gasteiger partial charge >= 0.3 is 0 Å². The molecule has 2 saturated heterocycles. The molecule has 4 atom stereocenters. The van der Waals surface area contributed by atoms with Crippen molar-refractivity contribution in [1.82, 2.24) is 10.9 Å².